The summed E-state index contributed by atoms with van der Waals surface area (Å²) in [5, 5.41) is 0. The van der Waals surface area contributed by atoms with Crippen LogP contribution in [-0.2, 0) is 0 Å². The molecule has 3 N–H and O–H groups in total. The highest BCUT2D eigenvalue weighted by Crippen LogP contribution is 2.34. The van der Waals surface area contributed by atoms with Gasteiger partial charge < -0.3 is 9.80 Å². The fourth-order valence-corrected chi connectivity index (χ4v) is 2.19. The molecule has 10 heteroatoms. The Labute approximate surface area is 120 Å². The van der Waals surface area contributed by atoms with E-state index < -0.39 is 12.1 Å². The van der Waals surface area contributed by atoms with Crippen molar-refractivity contribution >= 4 is 17.8 Å². The van der Waals surface area contributed by atoms with Crippen LogP contribution in [0.5, 0.6) is 0 Å². The van der Waals surface area contributed by atoms with E-state index in [1.807, 2.05) is 0 Å². The molecule has 1 aliphatic rings. The van der Waals surface area contributed by atoms with Gasteiger partial charge in [-0.1, -0.05) is 0 Å². The zero-order valence-electron chi connectivity index (χ0n) is 11.9. The largest absolute Gasteiger partial charge is 0.393 e. The van der Waals surface area contributed by atoms with Crippen LogP contribution in [0.2, 0.25) is 0 Å². The maximum atomic E-state index is 12.9. The zero-order chi connectivity index (χ0) is 15.6. The van der Waals surface area contributed by atoms with E-state index in [1.54, 1.807) is 19.0 Å². The van der Waals surface area contributed by atoms with Crippen LogP contribution in [0.15, 0.2) is 0 Å². The van der Waals surface area contributed by atoms with E-state index in [0.29, 0.717) is 18.9 Å². The molecule has 1 unspecified atom stereocenters. The molecule has 1 aliphatic heterocycles. The minimum atomic E-state index is -4.20. The van der Waals surface area contributed by atoms with Crippen LogP contribution in [0, 0.1) is 5.92 Å². The van der Waals surface area contributed by atoms with E-state index in [4.69, 9.17) is 5.84 Å². The van der Waals surface area contributed by atoms with Crippen LogP contribution in [0.4, 0.5) is 31.0 Å². The predicted molar refractivity (Wildman–Crippen MR) is 73.0 cm³/mol. The van der Waals surface area contributed by atoms with Gasteiger partial charge in [-0.3, -0.25) is 5.43 Å². The van der Waals surface area contributed by atoms with Gasteiger partial charge in [0.1, 0.15) is 0 Å². The lowest BCUT2D eigenvalue weighted by molar-refractivity contribution is -0.176. The Kier molecular flexibility index (Phi) is 4.35. The van der Waals surface area contributed by atoms with E-state index in [2.05, 4.69) is 20.4 Å². The Balaban J connectivity index is 2.26. The van der Waals surface area contributed by atoms with Gasteiger partial charge in [0.15, 0.2) is 0 Å². The van der Waals surface area contributed by atoms with Crippen molar-refractivity contribution in [3.05, 3.63) is 0 Å². The van der Waals surface area contributed by atoms with Gasteiger partial charge in [-0.05, 0) is 12.8 Å². The van der Waals surface area contributed by atoms with Crippen LogP contribution in [0.3, 0.4) is 0 Å². The molecule has 1 atom stereocenters. The van der Waals surface area contributed by atoms with E-state index >= 15 is 0 Å². The standard InChI is InChI=1S/C11H18F3N7/c1-20(2)9-16-8(19-15)17-10(18-9)21-5-3-4-7(6-21)11(12,13)14/h7H,3-6,15H2,1-2H3,(H,16,17,18,19). The summed E-state index contributed by atoms with van der Waals surface area (Å²) in [6.07, 6.45) is -3.63. The van der Waals surface area contributed by atoms with Crippen molar-refractivity contribution in [1.82, 2.24) is 15.0 Å². The van der Waals surface area contributed by atoms with Crippen LogP contribution < -0.4 is 21.1 Å². The van der Waals surface area contributed by atoms with Crippen molar-refractivity contribution in [3.63, 3.8) is 0 Å². The summed E-state index contributed by atoms with van der Waals surface area (Å²) in [5.74, 6) is 4.60. The SMILES string of the molecule is CN(C)c1nc(NN)nc(N2CCCC(C(F)(F)F)C2)n1. The van der Waals surface area contributed by atoms with E-state index in [1.165, 1.54) is 4.90 Å². The molecule has 1 aromatic rings. The molecule has 0 spiro atoms. The first-order chi connectivity index (χ1) is 9.81. The summed E-state index contributed by atoms with van der Waals surface area (Å²) in [5.41, 5.74) is 2.31. The summed E-state index contributed by atoms with van der Waals surface area (Å²) in [6.45, 7) is 0.331. The number of hydrogen-bond acceptors (Lipinski definition) is 7. The number of nitrogen functional groups attached to an aromatic ring is 1. The summed E-state index contributed by atoms with van der Waals surface area (Å²) >= 11 is 0. The molecule has 1 saturated heterocycles. The first kappa shape index (κ1) is 15.5. The molecule has 0 aromatic carbocycles. The van der Waals surface area contributed by atoms with Crippen molar-refractivity contribution in [2.45, 2.75) is 19.0 Å². The monoisotopic (exact) mass is 305 g/mol. The van der Waals surface area contributed by atoms with Gasteiger partial charge in [-0.15, -0.1) is 0 Å². The van der Waals surface area contributed by atoms with Gasteiger partial charge in [-0.25, -0.2) is 5.84 Å². The average Bonchev–Trinajstić information content (AvgIpc) is 2.46. The Morgan fingerprint density at radius 1 is 1.29 bits per heavy atom. The molecule has 2 heterocycles. The van der Waals surface area contributed by atoms with Crippen molar-refractivity contribution in [1.29, 1.82) is 0 Å². The smallest absolute Gasteiger partial charge is 0.347 e. The quantitative estimate of drug-likeness (QED) is 0.636. The lowest BCUT2D eigenvalue weighted by Gasteiger charge is -2.33. The van der Waals surface area contributed by atoms with Crippen LogP contribution in [0.25, 0.3) is 0 Å². The molecule has 0 saturated carbocycles. The molecular weight excluding hydrogens is 287 g/mol. The molecule has 0 amide bonds. The predicted octanol–water partition coefficient (Wildman–Crippen LogP) is 1.00. The van der Waals surface area contributed by atoms with Crippen molar-refractivity contribution in [3.8, 4) is 0 Å². The third kappa shape index (κ3) is 3.63. The molecule has 1 fully saturated rings. The molecule has 2 rings (SSSR count). The van der Waals surface area contributed by atoms with Crippen LogP contribution >= 0.6 is 0 Å². The number of rotatable bonds is 3. The normalized spacial score (nSPS) is 19.5. The fraction of sp³-hybridized carbons (Fsp3) is 0.727. The topological polar surface area (TPSA) is 83.2 Å². The maximum absolute atomic E-state index is 12.9. The number of hydrazine groups is 1. The molecule has 21 heavy (non-hydrogen) atoms. The number of hydrogen-bond donors (Lipinski definition) is 2. The van der Waals surface area contributed by atoms with Gasteiger partial charge in [-0.2, -0.15) is 28.1 Å². The maximum Gasteiger partial charge on any atom is 0.393 e. The third-order valence-corrected chi connectivity index (χ3v) is 3.31. The average molecular weight is 305 g/mol. The first-order valence-electron chi connectivity index (χ1n) is 6.53. The fourth-order valence-electron chi connectivity index (χ4n) is 2.19. The number of nitrogens with zero attached hydrogens (tertiary/aromatic N) is 5. The highest BCUT2D eigenvalue weighted by molar-refractivity contribution is 5.44. The van der Waals surface area contributed by atoms with Crippen molar-refractivity contribution < 1.29 is 13.2 Å². The Bertz CT molecular complexity index is 491. The second kappa shape index (κ2) is 5.88. The molecule has 118 valence electrons. The number of alkyl halides is 3. The van der Waals surface area contributed by atoms with E-state index in [0.717, 1.165) is 0 Å². The zero-order valence-corrected chi connectivity index (χ0v) is 11.9. The number of nitrogens with one attached hydrogen (secondary N) is 1. The minimum absolute atomic E-state index is 0.123. The number of piperidine rings is 1. The van der Waals surface area contributed by atoms with Crippen LogP contribution in [0.1, 0.15) is 12.8 Å². The first-order valence-corrected chi connectivity index (χ1v) is 6.53. The minimum Gasteiger partial charge on any atom is -0.347 e. The highest BCUT2D eigenvalue weighted by Gasteiger charge is 2.42. The molecular formula is C11H18F3N7. The number of nitrogens with two attached hydrogens (primary N) is 1. The Hall–Kier alpha value is -1.84. The van der Waals surface area contributed by atoms with Crippen LogP contribution in [-0.4, -0.2) is 48.3 Å². The molecule has 0 bridgehead atoms. The number of halogens is 3. The van der Waals surface area contributed by atoms with Gasteiger partial charge in [0.05, 0.1) is 5.92 Å². The summed E-state index contributed by atoms with van der Waals surface area (Å²) in [7, 11) is 3.46. The Morgan fingerprint density at radius 2 is 2.00 bits per heavy atom. The molecule has 1 aromatic heterocycles. The van der Waals surface area contributed by atoms with E-state index in [-0.39, 0.29) is 24.9 Å². The van der Waals surface area contributed by atoms with Crippen molar-refractivity contribution in [2.24, 2.45) is 11.8 Å². The molecule has 0 aliphatic carbocycles. The highest BCUT2D eigenvalue weighted by atomic mass is 19.4. The number of aromatic nitrogens is 3. The van der Waals surface area contributed by atoms with Crippen molar-refractivity contribution in [2.75, 3.05) is 42.4 Å². The summed E-state index contributed by atoms with van der Waals surface area (Å²) in [4.78, 5) is 15.4. The lowest BCUT2D eigenvalue weighted by atomic mass is 9.98. The third-order valence-electron chi connectivity index (χ3n) is 3.31. The second-order valence-corrected chi connectivity index (χ2v) is 5.12. The van der Waals surface area contributed by atoms with E-state index in [9.17, 15) is 13.2 Å². The summed E-state index contributed by atoms with van der Waals surface area (Å²) in [6, 6.07) is 0. The van der Waals surface area contributed by atoms with Gasteiger partial charge in [0.25, 0.3) is 0 Å². The summed E-state index contributed by atoms with van der Waals surface area (Å²) < 4.78 is 38.6. The lowest BCUT2D eigenvalue weighted by Crippen LogP contribution is -2.42. The second-order valence-electron chi connectivity index (χ2n) is 5.12. The van der Waals surface area contributed by atoms with Gasteiger partial charge >= 0.3 is 6.18 Å². The number of anilines is 3. The van der Waals surface area contributed by atoms with Gasteiger partial charge in [0.2, 0.25) is 17.8 Å². The Morgan fingerprint density at radius 3 is 2.57 bits per heavy atom. The molecule has 7 nitrogen and oxygen atoms in total. The molecule has 0 radical (unpaired) electrons. The van der Waals surface area contributed by atoms with Gasteiger partial charge in [0, 0.05) is 27.2 Å².